The highest BCUT2D eigenvalue weighted by Crippen LogP contribution is 2.55. The Balaban J connectivity index is 1.50. The van der Waals surface area contributed by atoms with Gasteiger partial charge in [0.2, 0.25) is 0 Å². The third-order valence-electron chi connectivity index (χ3n) is 4.20. The van der Waals surface area contributed by atoms with Gasteiger partial charge >= 0.3 is 5.97 Å². The average Bonchev–Trinajstić information content (AvgIpc) is 3.20. The minimum atomic E-state index is -0.0750. The topological polar surface area (TPSA) is 35.5 Å². The third kappa shape index (κ3) is 3.19. The zero-order valence-electron chi connectivity index (χ0n) is 12.4. The van der Waals surface area contributed by atoms with Crippen LogP contribution in [0.15, 0.2) is 23.1 Å². The Bertz CT molecular complexity index is 540. The number of thioether (sulfide) groups is 2. The molecule has 1 atom stereocenters. The van der Waals surface area contributed by atoms with Crippen molar-refractivity contribution in [2.24, 2.45) is 5.41 Å². The number of methoxy groups -OCH3 is 1. The van der Waals surface area contributed by atoms with Crippen LogP contribution in [0.1, 0.15) is 24.8 Å². The quantitative estimate of drug-likeness (QED) is 0.588. The van der Waals surface area contributed by atoms with Gasteiger partial charge in [0.1, 0.15) is 11.9 Å². The van der Waals surface area contributed by atoms with Crippen molar-refractivity contribution in [3.8, 4) is 5.75 Å². The summed E-state index contributed by atoms with van der Waals surface area (Å²) in [5, 5.41) is 0. The fourth-order valence-electron chi connectivity index (χ4n) is 2.77. The molecule has 21 heavy (non-hydrogen) atoms. The molecule has 0 amide bonds. The van der Waals surface area contributed by atoms with Gasteiger partial charge in [0.05, 0.1) is 12.5 Å². The summed E-state index contributed by atoms with van der Waals surface area (Å²) < 4.78 is 10.9. The molecule has 3 nitrogen and oxygen atoms in total. The number of carbonyl (C=O) groups excluding carboxylic acids is 1. The number of hydrogen-bond donors (Lipinski definition) is 0. The third-order valence-corrected chi connectivity index (χ3v) is 6.12. The fraction of sp³-hybridized carbons (Fsp3) is 0.562. The van der Waals surface area contributed by atoms with Crippen molar-refractivity contribution >= 4 is 29.5 Å². The lowest BCUT2D eigenvalue weighted by molar-refractivity contribution is -0.144. The number of hydrogen-bond acceptors (Lipinski definition) is 5. The van der Waals surface area contributed by atoms with Crippen molar-refractivity contribution in [1.29, 1.82) is 0 Å². The Hall–Kier alpha value is -0.810. The van der Waals surface area contributed by atoms with Crippen LogP contribution in [0.3, 0.4) is 0 Å². The molecule has 2 fully saturated rings. The molecule has 1 aromatic rings. The molecule has 1 heterocycles. The monoisotopic (exact) mass is 324 g/mol. The molecule has 0 radical (unpaired) electrons. The van der Waals surface area contributed by atoms with Gasteiger partial charge in [0.25, 0.3) is 0 Å². The van der Waals surface area contributed by atoms with E-state index in [-0.39, 0.29) is 17.5 Å². The lowest BCUT2D eigenvalue weighted by Gasteiger charge is -2.10. The molecule has 0 bridgehead atoms. The van der Waals surface area contributed by atoms with Crippen LogP contribution in [0.2, 0.25) is 0 Å². The van der Waals surface area contributed by atoms with E-state index < -0.39 is 0 Å². The zero-order valence-corrected chi connectivity index (χ0v) is 14.0. The van der Waals surface area contributed by atoms with E-state index >= 15 is 0 Å². The van der Waals surface area contributed by atoms with E-state index in [4.69, 9.17) is 9.47 Å². The van der Waals surface area contributed by atoms with Crippen LogP contribution in [0, 0.1) is 5.41 Å². The molecule has 2 aliphatic rings. The minimum Gasteiger partial charge on any atom is -0.496 e. The molecule has 1 spiro atoms. The van der Waals surface area contributed by atoms with E-state index in [0.29, 0.717) is 0 Å². The van der Waals surface area contributed by atoms with Crippen molar-refractivity contribution < 1.29 is 14.3 Å². The first kappa shape index (κ1) is 15.1. The smallest absolute Gasteiger partial charge is 0.312 e. The van der Waals surface area contributed by atoms with Gasteiger partial charge in [-0.25, -0.2) is 0 Å². The Morgan fingerprint density at radius 2 is 2.24 bits per heavy atom. The molecule has 1 unspecified atom stereocenters. The summed E-state index contributed by atoms with van der Waals surface area (Å²) in [6.07, 6.45) is 5.14. The van der Waals surface area contributed by atoms with Gasteiger partial charge in [-0.15, -0.1) is 11.8 Å². The van der Waals surface area contributed by atoms with E-state index in [2.05, 4.69) is 24.5 Å². The minimum absolute atomic E-state index is 0.0408. The van der Waals surface area contributed by atoms with E-state index in [1.54, 1.807) is 18.9 Å². The number of benzene rings is 1. The lowest BCUT2D eigenvalue weighted by atomic mass is 10.0. The summed E-state index contributed by atoms with van der Waals surface area (Å²) in [6.45, 7) is 0. The first-order valence-electron chi connectivity index (χ1n) is 7.16. The summed E-state index contributed by atoms with van der Waals surface area (Å²) in [6, 6.07) is 6.35. The van der Waals surface area contributed by atoms with Crippen molar-refractivity contribution in [2.75, 3.05) is 19.1 Å². The van der Waals surface area contributed by atoms with Gasteiger partial charge in [-0.3, -0.25) is 4.79 Å². The van der Waals surface area contributed by atoms with Crippen molar-refractivity contribution in [3.63, 3.8) is 0 Å². The molecule has 1 saturated heterocycles. The first-order chi connectivity index (χ1) is 10.2. The largest absolute Gasteiger partial charge is 0.496 e. The summed E-state index contributed by atoms with van der Waals surface area (Å²) >= 11 is 3.52. The maximum absolute atomic E-state index is 11.7. The highest BCUT2D eigenvalue weighted by molar-refractivity contribution is 7.98. The first-order valence-corrected chi connectivity index (χ1v) is 9.54. The van der Waals surface area contributed by atoms with Gasteiger partial charge in [-0.1, -0.05) is 6.07 Å². The molecule has 1 aliphatic heterocycles. The highest BCUT2D eigenvalue weighted by atomic mass is 32.2. The number of carbonyl (C=O) groups is 1. The number of cyclic esters (lactones) is 1. The summed E-state index contributed by atoms with van der Waals surface area (Å²) in [5.74, 6) is 2.79. The molecular formula is C16H20O3S2. The van der Waals surface area contributed by atoms with Gasteiger partial charge in [0.15, 0.2) is 0 Å². The van der Waals surface area contributed by atoms with Crippen LogP contribution >= 0.6 is 23.5 Å². The normalized spacial score (nSPS) is 22.4. The van der Waals surface area contributed by atoms with Crippen LogP contribution < -0.4 is 4.74 Å². The summed E-state index contributed by atoms with van der Waals surface area (Å²) in [7, 11) is 1.71. The second kappa shape index (κ2) is 6.13. The van der Waals surface area contributed by atoms with E-state index in [1.807, 2.05) is 11.8 Å². The molecule has 0 aromatic heterocycles. The summed E-state index contributed by atoms with van der Waals surface area (Å²) in [5.41, 5.74) is 1.18. The second-order valence-electron chi connectivity index (χ2n) is 5.72. The lowest BCUT2D eigenvalue weighted by Crippen LogP contribution is -2.09. The molecule has 0 N–H and O–H groups in total. The van der Waals surface area contributed by atoms with E-state index in [1.165, 1.54) is 5.56 Å². The Labute approximate surface area is 134 Å². The number of ether oxygens (including phenoxy) is 2. The maximum atomic E-state index is 11.7. The van der Waals surface area contributed by atoms with Crippen LogP contribution in [-0.4, -0.2) is 31.2 Å². The van der Waals surface area contributed by atoms with E-state index in [0.717, 1.165) is 41.4 Å². The van der Waals surface area contributed by atoms with Gasteiger partial charge in [-0.2, -0.15) is 11.8 Å². The molecule has 3 rings (SSSR count). The Morgan fingerprint density at radius 3 is 2.86 bits per heavy atom. The van der Waals surface area contributed by atoms with Crippen LogP contribution in [0.4, 0.5) is 0 Å². The van der Waals surface area contributed by atoms with E-state index in [9.17, 15) is 4.79 Å². The molecule has 1 aromatic carbocycles. The standard InChI is InChI=1S/C16H20O3S2/c1-18-13-7-11(3-4-14(13)20-2)9-21-10-12-8-16(5-6-16)15(17)19-12/h3-4,7,12H,5-6,8-10H2,1-2H3. The van der Waals surface area contributed by atoms with Crippen molar-refractivity contribution in [1.82, 2.24) is 0 Å². The van der Waals surface area contributed by atoms with Gasteiger partial charge < -0.3 is 9.47 Å². The maximum Gasteiger partial charge on any atom is 0.312 e. The van der Waals surface area contributed by atoms with Crippen LogP contribution in [-0.2, 0) is 15.3 Å². The highest BCUT2D eigenvalue weighted by Gasteiger charge is 2.57. The van der Waals surface area contributed by atoms with Crippen molar-refractivity contribution in [2.45, 2.75) is 36.0 Å². The van der Waals surface area contributed by atoms with Crippen LogP contribution in [0.25, 0.3) is 0 Å². The average molecular weight is 324 g/mol. The predicted molar refractivity (Wildman–Crippen MR) is 87.1 cm³/mol. The predicted octanol–water partition coefficient (Wildman–Crippen LogP) is 3.75. The fourth-order valence-corrected chi connectivity index (χ4v) is 4.30. The van der Waals surface area contributed by atoms with Gasteiger partial charge in [-0.05, 0) is 36.8 Å². The molecule has 1 aliphatic carbocycles. The SMILES string of the molecule is COc1cc(CSCC2CC3(CC3)C(=O)O2)ccc1SC. The molecule has 1 saturated carbocycles. The number of esters is 1. The second-order valence-corrected chi connectivity index (χ2v) is 7.59. The van der Waals surface area contributed by atoms with Crippen LogP contribution in [0.5, 0.6) is 5.75 Å². The Morgan fingerprint density at radius 1 is 1.43 bits per heavy atom. The summed E-state index contributed by atoms with van der Waals surface area (Å²) in [4.78, 5) is 12.9. The molecule has 114 valence electrons. The zero-order chi connectivity index (χ0) is 14.9. The van der Waals surface area contributed by atoms with Crippen molar-refractivity contribution in [3.05, 3.63) is 23.8 Å². The Kier molecular flexibility index (Phi) is 4.41. The molecular weight excluding hydrogens is 304 g/mol. The number of rotatable bonds is 6. The van der Waals surface area contributed by atoms with Gasteiger partial charge in [0, 0.05) is 22.8 Å². The molecule has 5 heteroatoms.